The van der Waals surface area contributed by atoms with Crippen molar-refractivity contribution >= 4 is 17.9 Å². The summed E-state index contributed by atoms with van der Waals surface area (Å²) in [6.45, 7) is 4.21. The van der Waals surface area contributed by atoms with Gasteiger partial charge in [0.2, 0.25) is 5.82 Å². The molecule has 0 unspecified atom stereocenters. The number of nitrogens with one attached hydrogen (secondary N) is 4. The molecule has 172 valence electrons. The Bertz CT molecular complexity index is 1280. The maximum atomic E-state index is 11.9. The van der Waals surface area contributed by atoms with Gasteiger partial charge >= 0.3 is 5.69 Å². The second kappa shape index (κ2) is 10.8. The van der Waals surface area contributed by atoms with Crippen molar-refractivity contribution in [1.82, 2.24) is 20.6 Å². The summed E-state index contributed by atoms with van der Waals surface area (Å²) in [4.78, 5) is 36.3. The molecule has 0 aliphatic rings. The molecule has 0 saturated carbocycles. The Morgan fingerprint density at radius 3 is 2.73 bits per heavy atom. The maximum Gasteiger partial charge on any atom is 0.342 e. The quantitative estimate of drug-likeness (QED) is 0.282. The molecule has 0 saturated heterocycles. The first kappa shape index (κ1) is 23.3. The number of aromatic nitrogens is 3. The van der Waals surface area contributed by atoms with Crippen molar-refractivity contribution in [1.29, 1.82) is 0 Å². The van der Waals surface area contributed by atoms with Gasteiger partial charge < -0.3 is 14.8 Å². The summed E-state index contributed by atoms with van der Waals surface area (Å²) in [5.41, 5.74) is 4.94. The molecule has 11 heteroatoms. The van der Waals surface area contributed by atoms with E-state index in [1.54, 1.807) is 25.3 Å². The van der Waals surface area contributed by atoms with Crippen LogP contribution in [0.25, 0.3) is 0 Å². The van der Waals surface area contributed by atoms with Crippen LogP contribution in [0.15, 0.2) is 51.1 Å². The van der Waals surface area contributed by atoms with Crippen molar-refractivity contribution < 1.29 is 14.3 Å². The average Bonchev–Trinajstić information content (AvgIpc) is 2.79. The van der Waals surface area contributed by atoms with E-state index in [1.165, 1.54) is 6.21 Å². The molecule has 33 heavy (non-hydrogen) atoms. The predicted octanol–water partition coefficient (Wildman–Crippen LogP) is 1.22. The summed E-state index contributed by atoms with van der Waals surface area (Å²) >= 11 is 0. The topological polar surface area (TPSA) is 151 Å². The van der Waals surface area contributed by atoms with Crippen LogP contribution in [-0.4, -0.2) is 41.0 Å². The number of H-pyrrole nitrogens is 2. The molecule has 0 fully saturated rings. The van der Waals surface area contributed by atoms with Crippen LogP contribution < -0.4 is 31.5 Å². The van der Waals surface area contributed by atoms with Crippen molar-refractivity contribution in [2.24, 2.45) is 5.10 Å². The van der Waals surface area contributed by atoms with Crippen LogP contribution in [0.2, 0.25) is 0 Å². The molecular formula is C22H24N6O5. The lowest BCUT2D eigenvalue weighted by atomic mass is 10.1. The number of rotatable bonds is 9. The smallest absolute Gasteiger partial charge is 0.342 e. The number of aryl methyl sites for hydroxylation is 2. The van der Waals surface area contributed by atoms with Crippen molar-refractivity contribution in [3.05, 3.63) is 79.5 Å². The monoisotopic (exact) mass is 452 g/mol. The predicted molar refractivity (Wildman–Crippen MR) is 123 cm³/mol. The highest BCUT2D eigenvalue weighted by Crippen LogP contribution is 2.28. The zero-order valence-electron chi connectivity index (χ0n) is 18.4. The summed E-state index contributed by atoms with van der Waals surface area (Å²) in [5.74, 6) is 0.414. The average molecular weight is 452 g/mol. The summed E-state index contributed by atoms with van der Waals surface area (Å²) in [7, 11) is 1.54. The van der Waals surface area contributed by atoms with E-state index < -0.39 is 17.2 Å². The molecule has 3 rings (SSSR count). The van der Waals surface area contributed by atoms with Crippen LogP contribution in [0.1, 0.15) is 22.3 Å². The minimum Gasteiger partial charge on any atom is -0.493 e. The first-order chi connectivity index (χ1) is 15.9. The summed E-state index contributed by atoms with van der Waals surface area (Å²) in [5, 5.41) is 12.0. The molecule has 4 N–H and O–H groups in total. The zero-order chi connectivity index (χ0) is 23.8. The number of ether oxygens (including phenoxy) is 2. The Kier molecular flexibility index (Phi) is 7.58. The number of carbonyl (C=O) groups is 1. The van der Waals surface area contributed by atoms with Gasteiger partial charge in [-0.25, -0.2) is 15.3 Å². The summed E-state index contributed by atoms with van der Waals surface area (Å²) < 4.78 is 11.3. The standard InChI is InChI=1S/C22H24N6O5/c1-13-4-5-14(2)16(8-13)12-33-17-7-6-15(9-18(17)32-3)10-24-26-19(29)11-23-20-21(30)25-22(31)28-27-20/h4-10H,11-12H2,1-3H3,(H,23,27)(H,26,29)(H2,25,28,30,31)/b24-10+. The number of benzene rings is 2. The van der Waals surface area contributed by atoms with E-state index in [2.05, 4.69) is 44.2 Å². The molecule has 0 radical (unpaired) electrons. The Hall–Kier alpha value is -4.41. The van der Waals surface area contributed by atoms with Gasteiger partial charge in [0.05, 0.1) is 19.9 Å². The fraction of sp³-hybridized carbons (Fsp3) is 0.227. The first-order valence-corrected chi connectivity index (χ1v) is 9.97. The molecule has 0 aliphatic carbocycles. The van der Waals surface area contributed by atoms with Crippen molar-refractivity contribution in [2.45, 2.75) is 20.5 Å². The van der Waals surface area contributed by atoms with Gasteiger partial charge in [-0.3, -0.25) is 14.6 Å². The fourth-order valence-corrected chi connectivity index (χ4v) is 2.84. The molecule has 0 aliphatic heterocycles. The van der Waals surface area contributed by atoms with Crippen LogP contribution in [0, 0.1) is 13.8 Å². The number of aromatic amines is 2. The lowest BCUT2D eigenvalue weighted by Crippen LogP contribution is -2.31. The van der Waals surface area contributed by atoms with Gasteiger partial charge in [-0.2, -0.15) is 5.10 Å². The Balaban J connectivity index is 1.56. The SMILES string of the molecule is COc1cc(/C=N/NC(=O)CNc2n[nH]c(=O)[nH]c2=O)ccc1OCc1cc(C)ccc1C. The molecule has 0 spiro atoms. The number of amides is 1. The third kappa shape index (κ3) is 6.53. The largest absolute Gasteiger partial charge is 0.493 e. The van der Waals surface area contributed by atoms with Crippen LogP contribution in [0.3, 0.4) is 0 Å². The lowest BCUT2D eigenvalue weighted by Gasteiger charge is -2.13. The fourth-order valence-electron chi connectivity index (χ4n) is 2.84. The molecule has 2 aromatic carbocycles. The normalized spacial score (nSPS) is 10.8. The maximum absolute atomic E-state index is 11.9. The van der Waals surface area contributed by atoms with Gasteiger partial charge in [-0.1, -0.05) is 23.8 Å². The lowest BCUT2D eigenvalue weighted by molar-refractivity contribution is -0.119. The van der Waals surface area contributed by atoms with Crippen molar-refractivity contribution in [3.8, 4) is 11.5 Å². The molecular weight excluding hydrogens is 428 g/mol. The Morgan fingerprint density at radius 2 is 1.97 bits per heavy atom. The van der Waals surface area contributed by atoms with Crippen LogP contribution >= 0.6 is 0 Å². The van der Waals surface area contributed by atoms with Gasteiger partial charge in [0.1, 0.15) is 6.61 Å². The minimum atomic E-state index is -0.739. The van der Waals surface area contributed by atoms with Crippen molar-refractivity contribution in [2.75, 3.05) is 19.0 Å². The number of carbonyl (C=O) groups excluding carboxylic acids is 1. The van der Waals surface area contributed by atoms with E-state index in [0.29, 0.717) is 23.7 Å². The third-order valence-electron chi connectivity index (χ3n) is 4.61. The number of hydrogen-bond acceptors (Lipinski definition) is 8. The zero-order valence-corrected chi connectivity index (χ0v) is 18.4. The number of anilines is 1. The van der Waals surface area contributed by atoms with E-state index in [9.17, 15) is 14.4 Å². The van der Waals surface area contributed by atoms with Gasteiger partial charge in [0.15, 0.2) is 11.5 Å². The molecule has 0 bridgehead atoms. The molecule has 3 aromatic rings. The van der Waals surface area contributed by atoms with Crippen LogP contribution in [0.5, 0.6) is 11.5 Å². The van der Waals surface area contributed by atoms with Gasteiger partial charge in [-0.15, -0.1) is 5.10 Å². The third-order valence-corrected chi connectivity index (χ3v) is 4.61. The molecule has 1 aromatic heterocycles. The van der Waals surface area contributed by atoms with E-state index in [1.807, 2.05) is 18.8 Å². The van der Waals surface area contributed by atoms with Gasteiger partial charge in [-0.05, 0) is 48.7 Å². The van der Waals surface area contributed by atoms with E-state index >= 15 is 0 Å². The van der Waals surface area contributed by atoms with E-state index in [4.69, 9.17) is 9.47 Å². The highest BCUT2D eigenvalue weighted by molar-refractivity contribution is 5.84. The van der Waals surface area contributed by atoms with E-state index in [-0.39, 0.29) is 12.4 Å². The molecule has 0 atom stereocenters. The van der Waals surface area contributed by atoms with Gasteiger partial charge in [0.25, 0.3) is 11.5 Å². The van der Waals surface area contributed by atoms with Gasteiger partial charge in [0, 0.05) is 0 Å². The number of nitrogens with zero attached hydrogens (tertiary/aromatic N) is 2. The number of hydrazone groups is 1. The molecule has 11 nitrogen and oxygen atoms in total. The molecule has 1 amide bonds. The minimum absolute atomic E-state index is 0.185. The second-order valence-electron chi connectivity index (χ2n) is 7.13. The molecule has 1 heterocycles. The first-order valence-electron chi connectivity index (χ1n) is 9.97. The highest BCUT2D eigenvalue weighted by atomic mass is 16.5. The van der Waals surface area contributed by atoms with Crippen LogP contribution in [0.4, 0.5) is 5.82 Å². The number of hydrogen-bond donors (Lipinski definition) is 4. The second-order valence-corrected chi connectivity index (χ2v) is 7.13. The van der Waals surface area contributed by atoms with Crippen LogP contribution in [-0.2, 0) is 11.4 Å². The Labute approximate surface area is 188 Å². The Morgan fingerprint density at radius 1 is 1.15 bits per heavy atom. The number of methoxy groups -OCH3 is 1. The van der Waals surface area contributed by atoms with E-state index in [0.717, 1.165) is 16.7 Å². The summed E-state index contributed by atoms with van der Waals surface area (Å²) in [6.07, 6.45) is 1.44. The highest BCUT2D eigenvalue weighted by Gasteiger charge is 2.08. The van der Waals surface area contributed by atoms with Crippen molar-refractivity contribution in [3.63, 3.8) is 0 Å². The summed E-state index contributed by atoms with van der Waals surface area (Å²) in [6, 6.07) is 11.5.